The summed E-state index contributed by atoms with van der Waals surface area (Å²) in [6.07, 6.45) is 3.38. The van der Waals surface area contributed by atoms with Gasteiger partial charge in [-0.2, -0.15) is 0 Å². The molecule has 0 bridgehead atoms. The van der Waals surface area contributed by atoms with Crippen molar-refractivity contribution in [2.45, 2.75) is 30.6 Å². The van der Waals surface area contributed by atoms with Crippen molar-refractivity contribution >= 4 is 37.5 Å². The standard InChI is InChI=1S/C18H19BrN2O3S/c19-15-5-8-17(9-6-15)25(23,24)20-11-10-18(22)21-16-7-4-13-2-1-3-14(13)12-16/h4-9,12,20H,1-3,10-11H2,(H,21,22). The second-order valence-corrected chi connectivity index (χ2v) is 8.67. The smallest absolute Gasteiger partial charge is 0.240 e. The normalized spacial score (nSPS) is 13.5. The lowest BCUT2D eigenvalue weighted by molar-refractivity contribution is -0.116. The van der Waals surface area contributed by atoms with Crippen molar-refractivity contribution in [3.8, 4) is 0 Å². The molecule has 0 spiro atoms. The van der Waals surface area contributed by atoms with Crippen LogP contribution in [0.3, 0.4) is 0 Å². The fourth-order valence-corrected chi connectivity index (χ4v) is 4.17. The van der Waals surface area contributed by atoms with E-state index in [0.717, 1.165) is 29.4 Å². The molecule has 0 heterocycles. The number of benzene rings is 2. The highest BCUT2D eigenvalue weighted by Crippen LogP contribution is 2.24. The summed E-state index contributed by atoms with van der Waals surface area (Å²) in [4.78, 5) is 12.2. The van der Waals surface area contributed by atoms with Crippen LogP contribution in [0.15, 0.2) is 51.8 Å². The van der Waals surface area contributed by atoms with Crippen LogP contribution in [0, 0.1) is 0 Å². The minimum Gasteiger partial charge on any atom is -0.326 e. The first-order valence-corrected chi connectivity index (χ1v) is 10.4. The van der Waals surface area contributed by atoms with E-state index in [9.17, 15) is 13.2 Å². The van der Waals surface area contributed by atoms with Crippen LogP contribution in [0.1, 0.15) is 24.0 Å². The van der Waals surface area contributed by atoms with Crippen LogP contribution in [0.25, 0.3) is 0 Å². The summed E-state index contributed by atoms with van der Waals surface area (Å²) in [6, 6.07) is 12.3. The molecule has 3 rings (SSSR count). The summed E-state index contributed by atoms with van der Waals surface area (Å²) in [5.41, 5.74) is 3.40. The van der Waals surface area contributed by atoms with E-state index in [1.54, 1.807) is 12.1 Å². The van der Waals surface area contributed by atoms with Crippen LogP contribution >= 0.6 is 15.9 Å². The monoisotopic (exact) mass is 422 g/mol. The maximum atomic E-state index is 12.2. The zero-order chi connectivity index (χ0) is 17.9. The van der Waals surface area contributed by atoms with Gasteiger partial charge in [0, 0.05) is 23.1 Å². The highest BCUT2D eigenvalue weighted by molar-refractivity contribution is 9.10. The second-order valence-electron chi connectivity index (χ2n) is 5.99. The van der Waals surface area contributed by atoms with Crippen molar-refractivity contribution < 1.29 is 13.2 Å². The molecule has 7 heteroatoms. The van der Waals surface area contributed by atoms with Crippen molar-refractivity contribution in [3.63, 3.8) is 0 Å². The number of hydrogen-bond acceptors (Lipinski definition) is 3. The summed E-state index contributed by atoms with van der Waals surface area (Å²) in [7, 11) is -3.60. The largest absolute Gasteiger partial charge is 0.326 e. The Bertz CT molecular complexity index is 880. The van der Waals surface area contributed by atoms with E-state index in [1.165, 1.54) is 23.3 Å². The highest BCUT2D eigenvalue weighted by atomic mass is 79.9. The van der Waals surface area contributed by atoms with Crippen LogP contribution in [0.5, 0.6) is 0 Å². The van der Waals surface area contributed by atoms with Gasteiger partial charge in [0.25, 0.3) is 0 Å². The van der Waals surface area contributed by atoms with Crippen molar-refractivity contribution in [1.82, 2.24) is 4.72 Å². The molecule has 0 aliphatic heterocycles. The van der Waals surface area contributed by atoms with Gasteiger partial charge in [-0.05, 0) is 66.8 Å². The van der Waals surface area contributed by atoms with E-state index in [2.05, 4.69) is 26.0 Å². The van der Waals surface area contributed by atoms with Gasteiger partial charge >= 0.3 is 0 Å². The summed E-state index contributed by atoms with van der Waals surface area (Å²) < 4.78 is 27.6. The number of aryl methyl sites for hydroxylation is 2. The molecule has 0 saturated heterocycles. The van der Waals surface area contributed by atoms with E-state index >= 15 is 0 Å². The molecule has 1 amide bonds. The maximum Gasteiger partial charge on any atom is 0.240 e. The van der Waals surface area contributed by atoms with E-state index in [4.69, 9.17) is 0 Å². The Morgan fingerprint density at radius 1 is 1.04 bits per heavy atom. The number of rotatable bonds is 6. The first-order valence-electron chi connectivity index (χ1n) is 8.11. The third-order valence-electron chi connectivity index (χ3n) is 4.15. The fraction of sp³-hybridized carbons (Fsp3) is 0.278. The SMILES string of the molecule is O=C(CCNS(=O)(=O)c1ccc(Br)cc1)Nc1ccc2c(c1)CCC2. The molecule has 2 aromatic carbocycles. The van der Waals surface area contributed by atoms with Gasteiger partial charge in [-0.15, -0.1) is 0 Å². The lowest BCUT2D eigenvalue weighted by Gasteiger charge is -2.09. The van der Waals surface area contributed by atoms with Crippen molar-refractivity contribution in [1.29, 1.82) is 0 Å². The average molecular weight is 423 g/mol. The number of hydrogen-bond donors (Lipinski definition) is 2. The average Bonchev–Trinajstić information content (AvgIpc) is 3.02. The number of sulfonamides is 1. The first kappa shape index (κ1) is 18.1. The van der Waals surface area contributed by atoms with E-state index in [-0.39, 0.29) is 23.8 Å². The molecule has 1 aliphatic rings. The van der Waals surface area contributed by atoms with Gasteiger partial charge in [0.1, 0.15) is 0 Å². The summed E-state index contributed by atoms with van der Waals surface area (Å²) in [5.74, 6) is -0.212. The summed E-state index contributed by atoms with van der Waals surface area (Å²) in [6.45, 7) is 0.0508. The minimum absolute atomic E-state index is 0.0508. The molecule has 132 valence electrons. The predicted molar refractivity (Wildman–Crippen MR) is 101 cm³/mol. The van der Waals surface area contributed by atoms with Gasteiger partial charge in [0.15, 0.2) is 0 Å². The van der Waals surface area contributed by atoms with E-state index in [0.29, 0.717) is 0 Å². The van der Waals surface area contributed by atoms with Crippen molar-refractivity contribution in [2.75, 3.05) is 11.9 Å². The Kier molecular flexibility index (Phi) is 5.56. The molecule has 2 N–H and O–H groups in total. The molecule has 1 aliphatic carbocycles. The summed E-state index contributed by atoms with van der Waals surface area (Å²) in [5, 5.41) is 2.83. The molecule has 5 nitrogen and oxygen atoms in total. The third kappa shape index (κ3) is 4.68. The Labute approximate surface area is 156 Å². The molecule has 25 heavy (non-hydrogen) atoms. The minimum atomic E-state index is -3.60. The molecule has 0 radical (unpaired) electrons. The Morgan fingerprint density at radius 2 is 1.76 bits per heavy atom. The molecular formula is C18H19BrN2O3S. The number of carbonyl (C=O) groups is 1. The van der Waals surface area contributed by atoms with Crippen LogP contribution in [0.4, 0.5) is 5.69 Å². The predicted octanol–water partition coefficient (Wildman–Crippen LogP) is 3.24. The lowest BCUT2D eigenvalue weighted by Crippen LogP contribution is -2.27. The quantitative estimate of drug-likeness (QED) is 0.749. The van der Waals surface area contributed by atoms with Crippen LogP contribution < -0.4 is 10.0 Å². The second kappa shape index (κ2) is 7.68. The Balaban J connectivity index is 1.51. The topological polar surface area (TPSA) is 75.3 Å². The van der Waals surface area contributed by atoms with Crippen LogP contribution in [-0.2, 0) is 27.7 Å². The molecule has 0 aromatic heterocycles. The maximum absolute atomic E-state index is 12.2. The van der Waals surface area contributed by atoms with E-state index in [1.807, 2.05) is 18.2 Å². The number of carbonyl (C=O) groups excluding carboxylic acids is 1. The van der Waals surface area contributed by atoms with Gasteiger partial charge < -0.3 is 5.32 Å². The zero-order valence-corrected chi connectivity index (χ0v) is 16.0. The number of amides is 1. The van der Waals surface area contributed by atoms with Gasteiger partial charge in [0.2, 0.25) is 15.9 Å². The number of anilines is 1. The lowest BCUT2D eigenvalue weighted by atomic mass is 10.1. The van der Waals surface area contributed by atoms with Gasteiger partial charge in [-0.25, -0.2) is 13.1 Å². The molecule has 0 unspecified atom stereocenters. The molecule has 2 aromatic rings. The van der Waals surface area contributed by atoms with Gasteiger partial charge in [-0.1, -0.05) is 22.0 Å². The molecule has 0 atom stereocenters. The number of fused-ring (bicyclic) bond motifs is 1. The zero-order valence-electron chi connectivity index (χ0n) is 13.6. The third-order valence-corrected chi connectivity index (χ3v) is 6.16. The molecule has 0 saturated carbocycles. The van der Waals surface area contributed by atoms with E-state index < -0.39 is 10.0 Å². The highest BCUT2D eigenvalue weighted by Gasteiger charge is 2.15. The van der Waals surface area contributed by atoms with Crippen molar-refractivity contribution in [3.05, 3.63) is 58.1 Å². The van der Waals surface area contributed by atoms with Gasteiger partial charge in [-0.3, -0.25) is 4.79 Å². The number of nitrogens with one attached hydrogen (secondary N) is 2. The van der Waals surface area contributed by atoms with Gasteiger partial charge in [0.05, 0.1) is 4.90 Å². The molecular weight excluding hydrogens is 404 g/mol. The Morgan fingerprint density at radius 3 is 2.52 bits per heavy atom. The Hall–Kier alpha value is -1.70. The van der Waals surface area contributed by atoms with Crippen molar-refractivity contribution in [2.24, 2.45) is 0 Å². The summed E-state index contributed by atoms with van der Waals surface area (Å²) >= 11 is 3.27. The van der Waals surface area contributed by atoms with Crippen LogP contribution in [-0.4, -0.2) is 20.9 Å². The van der Waals surface area contributed by atoms with Crippen LogP contribution in [0.2, 0.25) is 0 Å². The molecule has 0 fully saturated rings. The number of halogens is 1. The first-order chi connectivity index (χ1) is 11.9. The fourth-order valence-electron chi connectivity index (χ4n) is 2.87.